The fourth-order valence-corrected chi connectivity index (χ4v) is 4.95. The first-order valence-corrected chi connectivity index (χ1v) is 11.0. The highest BCUT2D eigenvalue weighted by Crippen LogP contribution is 2.29. The van der Waals surface area contributed by atoms with Gasteiger partial charge in [-0.3, -0.25) is 4.79 Å². The average molecular weight is 389 g/mol. The fraction of sp³-hybridized carbons (Fsp3) is 0.458. The molecule has 0 N–H and O–H groups in total. The minimum absolute atomic E-state index is 0.224. The summed E-state index contributed by atoms with van der Waals surface area (Å²) in [7, 11) is 0. The number of likely N-dealkylation sites (tertiary alicyclic amines) is 1. The predicted molar refractivity (Wildman–Crippen MR) is 114 cm³/mol. The molecule has 5 rings (SSSR count). The molecule has 29 heavy (non-hydrogen) atoms. The molecular formula is C24H28N4O. The Hall–Kier alpha value is -2.69. The summed E-state index contributed by atoms with van der Waals surface area (Å²) in [5.41, 5.74) is 1.12. The molecule has 1 saturated heterocycles. The first kappa shape index (κ1) is 18.3. The van der Waals surface area contributed by atoms with E-state index in [0.717, 1.165) is 56.1 Å². The average Bonchev–Trinajstić information content (AvgIpc) is 3.02. The van der Waals surface area contributed by atoms with Crippen molar-refractivity contribution in [2.24, 2.45) is 0 Å². The Morgan fingerprint density at radius 3 is 2.83 bits per heavy atom. The number of aryl methyl sites for hydroxylation is 1. The van der Waals surface area contributed by atoms with Gasteiger partial charge in [0.15, 0.2) is 0 Å². The van der Waals surface area contributed by atoms with Gasteiger partial charge in [0, 0.05) is 32.0 Å². The van der Waals surface area contributed by atoms with E-state index in [9.17, 15) is 4.79 Å². The third-order valence-electron chi connectivity index (χ3n) is 6.50. The lowest BCUT2D eigenvalue weighted by Crippen LogP contribution is -2.40. The molecule has 0 radical (unpaired) electrons. The highest BCUT2D eigenvalue weighted by Gasteiger charge is 2.29. The van der Waals surface area contributed by atoms with E-state index in [-0.39, 0.29) is 5.91 Å². The molecule has 0 unspecified atom stereocenters. The van der Waals surface area contributed by atoms with Gasteiger partial charge in [0.1, 0.15) is 11.6 Å². The number of hydrogen-bond acceptors (Lipinski definition) is 3. The van der Waals surface area contributed by atoms with Crippen molar-refractivity contribution in [3.63, 3.8) is 0 Å². The van der Waals surface area contributed by atoms with Gasteiger partial charge in [0.2, 0.25) is 5.91 Å². The maximum Gasteiger partial charge on any atom is 0.227 e. The lowest BCUT2D eigenvalue weighted by atomic mass is 9.95. The van der Waals surface area contributed by atoms with E-state index in [4.69, 9.17) is 0 Å². The number of carbonyl (C=O) groups is 1. The van der Waals surface area contributed by atoms with Crippen LogP contribution in [0.15, 0.2) is 42.5 Å². The van der Waals surface area contributed by atoms with E-state index in [2.05, 4.69) is 45.1 Å². The summed E-state index contributed by atoms with van der Waals surface area (Å²) >= 11 is 0. The number of fused-ring (bicyclic) bond motifs is 2. The van der Waals surface area contributed by atoms with Gasteiger partial charge < -0.3 is 9.47 Å². The van der Waals surface area contributed by atoms with E-state index >= 15 is 0 Å². The third kappa shape index (κ3) is 3.66. The SMILES string of the molecule is O=C(Cc1cccc2ccccc12)N1CCC[C@H](c2nnc3n2CCCCC3)C1. The maximum absolute atomic E-state index is 13.2. The van der Waals surface area contributed by atoms with Crippen LogP contribution in [0.25, 0.3) is 10.8 Å². The number of aromatic nitrogens is 3. The van der Waals surface area contributed by atoms with Crippen LogP contribution in [-0.4, -0.2) is 38.7 Å². The Balaban J connectivity index is 1.33. The molecule has 3 heterocycles. The molecule has 2 aliphatic heterocycles. The van der Waals surface area contributed by atoms with Gasteiger partial charge in [-0.1, -0.05) is 48.9 Å². The highest BCUT2D eigenvalue weighted by molar-refractivity contribution is 5.90. The molecule has 1 atom stereocenters. The van der Waals surface area contributed by atoms with Crippen LogP contribution in [0.5, 0.6) is 0 Å². The van der Waals surface area contributed by atoms with Crippen LogP contribution >= 0.6 is 0 Å². The summed E-state index contributed by atoms with van der Waals surface area (Å²) < 4.78 is 2.34. The van der Waals surface area contributed by atoms with E-state index < -0.39 is 0 Å². The summed E-state index contributed by atoms with van der Waals surface area (Å²) in [6.45, 7) is 2.64. The molecule has 150 valence electrons. The fourth-order valence-electron chi connectivity index (χ4n) is 4.95. The van der Waals surface area contributed by atoms with Crippen molar-refractivity contribution >= 4 is 16.7 Å². The normalized spacial score (nSPS) is 19.7. The van der Waals surface area contributed by atoms with Crippen molar-refractivity contribution in [2.45, 2.75) is 57.4 Å². The van der Waals surface area contributed by atoms with Crippen LogP contribution in [0.4, 0.5) is 0 Å². The van der Waals surface area contributed by atoms with Gasteiger partial charge in [-0.15, -0.1) is 10.2 Å². The predicted octanol–water partition coefficient (Wildman–Crippen LogP) is 4.11. The highest BCUT2D eigenvalue weighted by atomic mass is 16.2. The van der Waals surface area contributed by atoms with Crippen molar-refractivity contribution in [1.82, 2.24) is 19.7 Å². The third-order valence-corrected chi connectivity index (χ3v) is 6.50. The number of benzene rings is 2. The van der Waals surface area contributed by atoms with E-state index in [1.165, 1.54) is 30.0 Å². The first-order chi connectivity index (χ1) is 14.3. The largest absolute Gasteiger partial charge is 0.342 e. The van der Waals surface area contributed by atoms with Crippen molar-refractivity contribution < 1.29 is 4.79 Å². The van der Waals surface area contributed by atoms with Crippen LogP contribution in [-0.2, 0) is 24.2 Å². The summed E-state index contributed by atoms with van der Waals surface area (Å²) in [5.74, 6) is 2.77. The quantitative estimate of drug-likeness (QED) is 0.679. The molecule has 2 aromatic carbocycles. The Morgan fingerprint density at radius 2 is 1.86 bits per heavy atom. The summed E-state index contributed by atoms with van der Waals surface area (Å²) in [6, 6.07) is 14.6. The van der Waals surface area contributed by atoms with Gasteiger partial charge in [0.05, 0.1) is 6.42 Å². The molecule has 5 heteroatoms. The number of amides is 1. The zero-order valence-electron chi connectivity index (χ0n) is 16.9. The minimum atomic E-state index is 0.224. The number of carbonyl (C=O) groups excluding carboxylic acids is 1. The number of hydrogen-bond donors (Lipinski definition) is 0. The molecule has 0 bridgehead atoms. The zero-order chi connectivity index (χ0) is 19.6. The second-order valence-electron chi connectivity index (χ2n) is 8.43. The van der Waals surface area contributed by atoms with Gasteiger partial charge in [-0.2, -0.15) is 0 Å². The molecule has 1 aromatic heterocycles. The molecular weight excluding hydrogens is 360 g/mol. The monoisotopic (exact) mass is 388 g/mol. The minimum Gasteiger partial charge on any atom is -0.342 e. The van der Waals surface area contributed by atoms with E-state index in [0.29, 0.717) is 12.3 Å². The molecule has 0 aliphatic carbocycles. The molecule has 5 nitrogen and oxygen atoms in total. The number of rotatable bonds is 3. The molecule has 2 aliphatic rings. The van der Waals surface area contributed by atoms with Gasteiger partial charge in [0.25, 0.3) is 0 Å². The van der Waals surface area contributed by atoms with Gasteiger partial charge in [-0.25, -0.2) is 0 Å². The van der Waals surface area contributed by atoms with Crippen LogP contribution in [0, 0.1) is 0 Å². The van der Waals surface area contributed by atoms with Gasteiger partial charge >= 0.3 is 0 Å². The second-order valence-corrected chi connectivity index (χ2v) is 8.43. The number of nitrogens with zero attached hydrogens (tertiary/aromatic N) is 4. The summed E-state index contributed by atoms with van der Waals surface area (Å²) in [5, 5.41) is 11.4. The summed E-state index contributed by atoms with van der Waals surface area (Å²) in [4.78, 5) is 15.2. The van der Waals surface area contributed by atoms with Crippen LogP contribution in [0.2, 0.25) is 0 Å². The summed E-state index contributed by atoms with van der Waals surface area (Å²) in [6.07, 6.45) is 7.30. The topological polar surface area (TPSA) is 51.0 Å². The van der Waals surface area contributed by atoms with Crippen molar-refractivity contribution in [3.8, 4) is 0 Å². The second kappa shape index (κ2) is 7.97. The smallest absolute Gasteiger partial charge is 0.227 e. The Labute approximate surface area is 171 Å². The maximum atomic E-state index is 13.2. The zero-order valence-corrected chi connectivity index (χ0v) is 16.9. The Bertz CT molecular complexity index is 1020. The van der Waals surface area contributed by atoms with Crippen LogP contribution < -0.4 is 0 Å². The van der Waals surface area contributed by atoms with Crippen LogP contribution in [0.3, 0.4) is 0 Å². The molecule has 1 fully saturated rings. The number of piperidine rings is 1. The van der Waals surface area contributed by atoms with Crippen molar-refractivity contribution in [1.29, 1.82) is 0 Å². The molecule has 0 spiro atoms. The Morgan fingerprint density at radius 1 is 0.966 bits per heavy atom. The lowest BCUT2D eigenvalue weighted by molar-refractivity contribution is -0.131. The molecule has 1 amide bonds. The lowest BCUT2D eigenvalue weighted by Gasteiger charge is -2.32. The van der Waals surface area contributed by atoms with E-state index in [1.54, 1.807) is 0 Å². The van der Waals surface area contributed by atoms with Gasteiger partial charge in [-0.05, 0) is 42.0 Å². The molecule has 0 saturated carbocycles. The van der Waals surface area contributed by atoms with E-state index in [1.807, 2.05) is 17.0 Å². The van der Waals surface area contributed by atoms with Crippen LogP contribution in [0.1, 0.15) is 55.2 Å². The molecule has 3 aromatic rings. The standard InChI is InChI=1S/C24H28N4O/c29-23(16-19-10-6-9-18-8-3-4-12-21(18)19)27-14-7-11-20(17-27)24-26-25-22-13-2-1-5-15-28(22)24/h3-4,6,8-10,12,20H,1-2,5,7,11,13-17H2/t20-/m0/s1. The van der Waals surface area contributed by atoms with Crippen molar-refractivity contribution in [3.05, 3.63) is 59.7 Å². The first-order valence-electron chi connectivity index (χ1n) is 11.0. The Kier molecular flexibility index (Phi) is 5.04. The van der Waals surface area contributed by atoms with Crippen molar-refractivity contribution in [2.75, 3.05) is 13.1 Å².